The van der Waals surface area contributed by atoms with Crippen molar-refractivity contribution in [2.45, 2.75) is 6.54 Å². The normalized spacial score (nSPS) is 10.4. The molecule has 0 saturated carbocycles. The minimum Gasteiger partial charge on any atom is -0.375 e. The molecular formula is C16H14N4OS. The Hall–Kier alpha value is -2.73. The summed E-state index contributed by atoms with van der Waals surface area (Å²) in [6, 6.07) is 13.3. The third-order valence-corrected chi connectivity index (χ3v) is 3.98. The van der Waals surface area contributed by atoms with E-state index in [-0.39, 0.29) is 5.91 Å². The molecule has 0 aliphatic heterocycles. The Morgan fingerprint density at radius 2 is 1.86 bits per heavy atom. The summed E-state index contributed by atoms with van der Waals surface area (Å²) >= 11 is 1.19. The minimum atomic E-state index is -0.176. The molecule has 3 N–H and O–H groups in total. The summed E-state index contributed by atoms with van der Waals surface area (Å²) in [6.07, 6.45) is 3.39. The van der Waals surface area contributed by atoms with Crippen LogP contribution in [0.5, 0.6) is 0 Å². The lowest BCUT2D eigenvalue weighted by molar-refractivity contribution is 0.0955. The number of aromatic nitrogens is 2. The monoisotopic (exact) mass is 310 g/mol. The molecule has 1 amide bonds. The second-order valence-electron chi connectivity index (χ2n) is 4.63. The number of nitrogen functional groups attached to an aromatic ring is 1. The Labute approximate surface area is 131 Å². The van der Waals surface area contributed by atoms with Crippen molar-refractivity contribution in [3.8, 4) is 11.3 Å². The van der Waals surface area contributed by atoms with Crippen molar-refractivity contribution in [2.75, 3.05) is 5.73 Å². The van der Waals surface area contributed by atoms with E-state index in [2.05, 4.69) is 15.3 Å². The van der Waals surface area contributed by atoms with Gasteiger partial charge in [-0.1, -0.05) is 41.7 Å². The van der Waals surface area contributed by atoms with E-state index in [0.29, 0.717) is 22.2 Å². The van der Waals surface area contributed by atoms with Crippen LogP contribution in [0.15, 0.2) is 54.9 Å². The highest BCUT2D eigenvalue weighted by Crippen LogP contribution is 2.29. The fourth-order valence-corrected chi connectivity index (χ4v) is 2.82. The molecule has 0 fully saturated rings. The molecule has 0 saturated heterocycles. The Kier molecular flexibility index (Phi) is 4.11. The number of amides is 1. The first kappa shape index (κ1) is 14.2. The highest BCUT2D eigenvalue weighted by molar-refractivity contribution is 7.17. The van der Waals surface area contributed by atoms with Crippen molar-refractivity contribution in [1.29, 1.82) is 0 Å². The van der Waals surface area contributed by atoms with E-state index in [1.54, 1.807) is 12.4 Å². The summed E-state index contributed by atoms with van der Waals surface area (Å²) in [4.78, 5) is 21.2. The van der Waals surface area contributed by atoms with Gasteiger partial charge in [0.25, 0.3) is 5.91 Å². The van der Waals surface area contributed by atoms with Crippen molar-refractivity contribution in [3.05, 3.63) is 65.3 Å². The van der Waals surface area contributed by atoms with Gasteiger partial charge in [-0.2, -0.15) is 0 Å². The predicted molar refractivity (Wildman–Crippen MR) is 87.4 cm³/mol. The third kappa shape index (κ3) is 3.12. The van der Waals surface area contributed by atoms with Gasteiger partial charge in [0, 0.05) is 24.5 Å². The molecule has 22 heavy (non-hydrogen) atoms. The molecule has 0 bridgehead atoms. The van der Waals surface area contributed by atoms with E-state index in [9.17, 15) is 4.79 Å². The summed E-state index contributed by atoms with van der Waals surface area (Å²) in [5.74, 6) is -0.176. The number of carbonyl (C=O) groups is 1. The first-order chi connectivity index (χ1) is 10.7. The molecule has 2 aromatic heterocycles. The van der Waals surface area contributed by atoms with Crippen LogP contribution < -0.4 is 11.1 Å². The number of hydrogen-bond donors (Lipinski definition) is 2. The highest BCUT2D eigenvalue weighted by atomic mass is 32.1. The van der Waals surface area contributed by atoms with Crippen molar-refractivity contribution < 1.29 is 4.79 Å². The smallest absolute Gasteiger partial charge is 0.264 e. The lowest BCUT2D eigenvalue weighted by atomic mass is 10.1. The Morgan fingerprint density at radius 1 is 1.14 bits per heavy atom. The van der Waals surface area contributed by atoms with Crippen molar-refractivity contribution in [1.82, 2.24) is 15.3 Å². The number of anilines is 1. The van der Waals surface area contributed by atoms with Gasteiger partial charge in [-0.05, 0) is 17.7 Å². The maximum Gasteiger partial charge on any atom is 0.264 e. The second-order valence-corrected chi connectivity index (χ2v) is 5.66. The summed E-state index contributed by atoms with van der Waals surface area (Å²) < 4.78 is 0. The Balaban J connectivity index is 1.81. The number of thiazole rings is 1. The first-order valence-corrected chi connectivity index (χ1v) is 7.54. The molecule has 0 aliphatic rings. The molecule has 3 rings (SSSR count). The third-order valence-electron chi connectivity index (χ3n) is 3.10. The van der Waals surface area contributed by atoms with E-state index in [0.717, 1.165) is 11.1 Å². The lowest BCUT2D eigenvalue weighted by Crippen LogP contribution is -2.22. The van der Waals surface area contributed by atoms with E-state index in [1.807, 2.05) is 42.5 Å². The summed E-state index contributed by atoms with van der Waals surface area (Å²) in [5.41, 5.74) is 8.27. The standard InChI is InChI=1S/C16H14N4OS/c17-16-20-13(12-4-2-1-3-5-12)14(22-16)15(21)19-10-11-6-8-18-9-7-11/h1-9H,10H2,(H2,17,20)(H,19,21). The zero-order valence-electron chi connectivity index (χ0n) is 11.7. The minimum absolute atomic E-state index is 0.176. The summed E-state index contributed by atoms with van der Waals surface area (Å²) in [6.45, 7) is 0.438. The van der Waals surface area contributed by atoms with Crippen LogP contribution in [0.4, 0.5) is 5.13 Å². The van der Waals surface area contributed by atoms with Crippen molar-refractivity contribution in [3.63, 3.8) is 0 Å². The fraction of sp³-hybridized carbons (Fsp3) is 0.0625. The number of hydrogen-bond acceptors (Lipinski definition) is 5. The van der Waals surface area contributed by atoms with Gasteiger partial charge in [0.1, 0.15) is 4.88 Å². The van der Waals surface area contributed by atoms with Gasteiger partial charge in [-0.3, -0.25) is 9.78 Å². The van der Waals surface area contributed by atoms with Crippen LogP contribution in [0.1, 0.15) is 15.2 Å². The van der Waals surface area contributed by atoms with Crippen molar-refractivity contribution >= 4 is 22.4 Å². The van der Waals surface area contributed by atoms with Gasteiger partial charge >= 0.3 is 0 Å². The molecule has 6 heteroatoms. The SMILES string of the molecule is Nc1nc(-c2ccccc2)c(C(=O)NCc2ccncc2)s1. The van der Waals surface area contributed by atoms with Gasteiger partial charge in [0.15, 0.2) is 5.13 Å². The van der Waals surface area contributed by atoms with Gasteiger partial charge < -0.3 is 11.1 Å². The number of nitrogens with zero attached hydrogens (tertiary/aromatic N) is 2. The Bertz CT molecular complexity index is 771. The number of benzene rings is 1. The molecule has 2 heterocycles. The van der Waals surface area contributed by atoms with Gasteiger partial charge in [0.05, 0.1) is 5.69 Å². The van der Waals surface area contributed by atoms with Gasteiger partial charge in [-0.15, -0.1) is 0 Å². The largest absolute Gasteiger partial charge is 0.375 e. The van der Waals surface area contributed by atoms with Crippen molar-refractivity contribution in [2.24, 2.45) is 0 Å². The molecule has 0 aliphatic carbocycles. The molecule has 0 unspecified atom stereocenters. The predicted octanol–water partition coefficient (Wildman–Crippen LogP) is 2.72. The summed E-state index contributed by atoms with van der Waals surface area (Å²) in [7, 11) is 0. The van der Waals surface area contributed by atoms with Crippen LogP contribution in [0.3, 0.4) is 0 Å². The molecule has 110 valence electrons. The maximum absolute atomic E-state index is 12.4. The first-order valence-electron chi connectivity index (χ1n) is 6.73. The quantitative estimate of drug-likeness (QED) is 0.776. The molecule has 5 nitrogen and oxygen atoms in total. The molecule has 1 aromatic carbocycles. The molecule has 0 radical (unpaired) electrons. The summed E-state index contributed by atoms with van der Waals surface area (Å²) in [5, 5.41) is 3.27. The van der Waals surface area contributed by atoms with Crippen LogP contribution in [0.25, 0.3) is 11.3 Å². The van der Waals surface area contributed by atoms with E-state index < -0.39 is 0 Å². The fourth-order valence-electron chi connectivity index (χ4n) is 2.05. The van der Waals surface area contributed by atoms with Crippen LogP contribution in [-0.2, 0) is 6.54 Å². The van der Waals surface area contributed by atoms with Crippen LogP contribution in [0.2, 0.25) is 0 Å². The second kappa shape index (κ2) is 6.36. The highest BCUT2D eigenvalue weighted by Gasteiger charge is 2.18. The number of carbonyl (C=O) groups excluding carboxylic acids is 1. The van der Waals surface area contributed by atoms with Gasteiger partial charge in [0.2, 0.25) is 0 Å². The molecule has 3 aromatic rings. The average molecular weight is 310 g/mol. The number of nitrogens with two attached hydrogens (primary N) is 1. The van der Waals surface area contributed by atoms with E-state index in [1.165, 1.54) is 11.3 Å². The Morgan fingerprint density at radius 3 is 2.59 bits per heavy atom. The number of nitrogens with one attached hydrogen (secondary N) is 1. The molecule has 0 atom stereocenters. The number of pyridine rings is 1. The van der Waals surface area contributed by atoms with Crippen LogP contribution in [-0.4, -0.2) is 15.9 Å². The van der Waals surface area contributed by atoms with E-state index in [4.69, 9.17) is 5.73 Å². The topological polar surface area (TPSA) is 80.9 Å². The number of rotatable bonds is 4. The van der Waals surface area contributed by atoms with E-state index >= 15 is 0 Å². The van der Waals surface area contributed by atoms with Gasteiger partial charge in [-0.25, -0.2) is 4.98 Å². The lowest BCUT2D eigenvalue weighted by Gasteiger charge is -2.05. The zero-order chi connectivity index (χ0) is 15.4. The van der Waals surface area contributed by atoms with Crippen LogP contribution in [0, 0.1) is 0 Å². The average Bonchev–Trinajstić information content (AvgIpc) is 2.96. The van der Waals surface area contributed by atoms with Crippen LogP contribution >= 0.6 is 11.3 Å². The molecular weight excluding hydrogens is 296 g/mol. The maximum atomic E-state index is 12.4. The zero-order valence-corrected chi connectivity index (χ0v) is 12.5. The molecule has 0 spiro atoms.